The van der Waals surface area contributed by atoms with Crippen molar-refractivity contribution in [1.82, 2.24) is 37.2 Å². The minimum absolute atomic E-state index is 1.10. The van der Waals surface area contributed by atoms with E-state index in [1.807, 2.05) is 0 Å². The molecule has 0 bridgehead atoms. The van der Waals surface area contributed by atoms with Crippen molar-refractivity contribution in [3.05, 3.63) is 78.5 Å². The van der Waals surface area contributed by atoms with Gasteiger partial charge in [-0.15, -0.1) is 0 Å². The molecule has 0 aromatic heterocycles. The standard InChI is InChI=1S/4C7H13N.3C6H11N/c2*1-6-3-4-8-5-7(6)2;2*1-6-4-3-5-8-7(6)2;1-5-3-7-4-6(5)2;2*1-5-3-4-7-6(5)2/h4*8H,3-5H2,1-2H3;3*7H,3-4H2,1-2H3. The first-order valence-corrected chi connectivity index (χ1v) is 20.8. The van der Waals surface area contributed by atoms with Crippen LogP contribution in [0, 0.1) is 0 Å². The minimum atomic E-state index is 1.10. The third kappa shape index (κ3) is 21.7. The molecule has 0 aromatic rings. The third-order valence-corrected chi connectivity index (χ3v) is 11.7. The lowest BCUT2D eigenvalue weighted by Gasteiger charge is -2.15. The quantitative estimate of drug-likeness (QED) is 0.125. The van der Waals surface area contributed by atoms with Crippen LogP contribution in [0.25, 0.3) is 0 Å². The lowest BCUT2D eigenvalue weighted by atomic mass is 10.1. The van der Waals surface area contributed by atoms with Crippen molar-refractivity contribution >= 4 is 0 Å². The molecule has 0 amide bonds. The Kier molecular flexibility index (Phi) is 25.3. The summed E-state index contributed by atoms with van der Waals surface area (Å²) in [6, 6.07) is 0. The maximum absolute atomic E-state index is 3.31. The van der Waals surface area contributed by atoms with Crippen LogP contribution in [0.2, 0.25) is 0 Å². The summed E-state index contributed by atoms with van der Waals surface area (Å²) in [6.07, 6.45) is 10.2. The summed E-state index contributed by atoms with van der Waals surface area (Å²) in [5.41, 5.74) is 20.8. The van der Waals surface area contributed by atoms with E-state index in [4.69, 9.17) is 0 Å². The molecule has 304 valence electrons. The summed E-state index contributed by atoms with van der Waals surface area (Å²) < 4.78 is 0. The van der Waals surface area contributed by atoms with Crippen molar-refractivity contribution in [3.63, 3.8) is 0 Å². The summed E-state index contributed by atoms with van der Waals surface area (Å²) in [5, 5.41) is 23.0. The zero-order valence-corrected chi connectivity index (χ0v) is 37.2. The Morgan fingerprint density at radius 3 is 0.660 bits per heavy atom. The Balaban J connectivity index is 0.000000309. The molecule has 0 radical (unpaired) electrons. The average Bonchev–Trinajstić information content (AvgIpc) is 3.84. The highest BCUT2D eigenvalue weighted by molar-refractivity contribution is 5.18. The van der Waals surface area contributed by atoms with Gasteiger partial charge in [0.05, 0.1) is 0 Å². The molecular formula is C46H85N7. The van der Waals surface area contributed by atoms with Crippen LogP contribution in [0.1, 0.15) is 148 Å². The number of hydrogen-bond acceptors (Lipinski definition) is 7. The second kappa shape index (κ2) is 27.8. The predicted molar refractivity (Wildman–Crippen MR) is 236 cm³/mol. The van der Waals surface area contributed by atoms with E-state index in [0.717, 1.165) is 39.3 Å². The summed E-state index contributed by atoms with van der Waals surface area (Å²) in [4.78, 5) is 0. The van der Waals surface area contributed by atoms with E-state index in [1.165, 1.54) is 145 Å². The maximum atomic E-state index is 3.31. The normalized spacial score (nSPS) is 21.0. The molecule has 7 nitrogen and oxygen atoms in total. The molecule has 7 heterocycles. The van der Waals surface area contributed by atoms with Crippen molar-refractivity contribution in [2.75, 3.05) is 65.4 Å². The summed E-state index contributed by atoms with van der Waals surface area (Å²) in [5.74, 6) is 0. The average molecular weight is 736 g/mol. The number of allylic oxidation sites excluding steroid dienone is 6. The Hall–Kier alpha value is -2.74. The van der Waals surface area contributed by atoms with E-state index >= 15 is 0 Å². The first-order valence-electron chi connectivity index (χ1n) is 20.8. The van der Waals surface area contributed by atoms with E-state index in [0.29, 0.717) is 0 Å². The van der Waals surface area contributed by atoms with E-state index in [2.05, 4.69) is 134 Å². The second-order valence-electron chi connectivity index (χ2n) is 16.2. The molecule has 53 heavy (non-hydrogen) atoms. The van der Waals surface area contributed by atoms with Crippen LogP contribution < -0.4 is 37.2 Å². The summed E-state index contributed by atoms with van der Waals surface area (Å²) in [7, 11) is 0. The summed E-state index contributed by atoms with van der Waals surface area (Å²) >= 11 is 0. The SMILES string of the molecule is CC1=C(C)CNC1.CC1=C(C)CNCC1.CC1=C(C)CNCC1.CC1=C(C)NCC1.CC1=C(C)NCC1.CC1=C(C)NCCC1.CC1=C(C)NCCC1. The van der Waals surface area contributed by atoms with Gasteiger partial charge in [-0.05, 0) is 161 Å². The van der Waals surface area contributed by atoms with E-state index < -0.39 is 0 Å². The lowest BCUT2D eigenvalue weighted by Crippen LogP contribution is -2.23. The van der Waals surface area contributed by atoms with Crippen LogP contribution in [0.5, 0.6) is 0 Å². The van der Waals surface area contributed by atoms with Gasteiger partial charge in [0, 0.05) is 75.1 Å². The fourth-order valence-corrected chi connectivity index (χ4v) is 6.06. The minimum Gasteiger partial charge on any atom is -0.389 e. The zero-order chi connectivity index (χ0) is 39.8. The molecule has 7 N–H and O–H groups in total. The number of nitrogens with one attached hydrogen (secondary N) is 7. The van der Waals surface area contributed by atoms with Crippen molar-refractivity contribution < 1.29 is 0 Å². The Labute approximate surface area is 328 Å². The van der Waals surface area contributed by atoms with Gasteiger partial charge in [-0.2, -0.15) is 0 Å². The van der Waals surface area contributed by atoms with Gasteiger partial charge < -0.3 is 37.2 Å². The Bertz CT molecular complexity index is 1060. The van der Waals surface area contributed by atoms with Crippen LogP contribution in [-0.2, 0) is 0 Å². The van der Waals surface area contributed by atoms with Gasteiger partial charge in [-0.1, -0.05) is 55.7 Å². The summed E-state index contributed by atoms with van der Waals surface area (Å²) in [6.45, 7) is 41.9. The fourth-order valence-electron chi connectivity index (χ4n) is 6.06. The maximum Gasteiger partial charge on any atom is 0.0181 e. The topological polar surface area (TPSA) is 84.2 Å². The molecule has 0 saturated heterocycles. The molecule has 7 rings (SSSR count). The molecule has 0 atom stereocenters. The monoisotopic (exact) mass is 736 g/mol. The van der Waals surface area contributed by atoms with Crippen LogP contribution in [-0.4, -0.2) is 65.4 Å². The molecule has 0 fully saturated rings. The fraction of sp³-hybridized carbons (Fsp3) is 0.696. The van der Waals surface area contributed by atoms with Crippen LogP contribution in [0.4, 0.5) is 0 Å². The highest BCUT2D eigenvalue weighted by Crippen LogP contribution is 2.14. The molecule has 0 aliphatic carbocycles. The van der Waals surface area contributed by atoms with E-state index in [9.17, 15) is 0 Å². The Morgan fingerprint density at radius 2 is 0.509 bits per heavy atom. The molecular weight excluding hydrogens is 651 g/mol. The zero-order valence-electron chi connectivity index (χ0n) is 37.2. The van der Waals surface area contributed by atoms with Crippen LogP contribution >= 0.6 is 0 Å². The highest BCUT2D eigenvalue weighted by Gasteiger charge is 2.05. The smallest absolute Gasteiger partial charge is 0.0181 e. The largest absolute Gasteiger partial charge is 0.389 e. The first kappa shape index (κ1) is 48.3. The van der Waals surface area contributed by atoms with Crippen molar-refractivity contribution in [2.45, 2.75) is 148 Å². The van der Waals surface area contributed by atoms with Gasteiger partial charge in [-0.25, -0.2) is 0 Å². The predicted octanol–water partition coefficient (Wildman–Crippen LogP) is 9.43. The molecule has 7 heteroatoms. The number of rotatable bonds is 0. The number of hydrogen-bond donors (Lipinski definition) is 7. The van der Waals surface area contributed by atoms with Gasteiger partial charge in [0.2, 0.25) is 0 Å². The van der Waals surface area contributed by atoms with Crippen molar-refractivity contribution in [2.24, 2.45) is 0 Å². The van der Waals surface area contributed by atoms with Crippen LogP contribution in [0.15, 0.2) is 78.5 Å². The highest BCUT2D eigenvalue weighted by atomic mass is 14.9. The molecule has 7 aliphatic heterocycles. The van der Waals surface area contributed by atoms with E-state index in [1.54, 1.807) is 11.1 Å². The van der Waals surface area contributed by atoms with Crippen LogP contribution in [0.3, 0.4) is 0 Å². The molecule has 0 saturated carbocycles. The van der Waals surface area contributed by atoms with Gasteiger partial charge in [0.15, 0.2) is 0 Å². The van der Waals surface area contributed by atoms with Gasteiger partial charge in [-0.3, -0.25) is 0 Å². The lowest BCUT2D eigenvalue weighted by molar-refractivity contribution is 0.661. The molecule has 7 aliphatic rings. The van der Waals surface area contributed by atoms with Gasteiger partial charge in [0.1, 0.15) is 0 Å². The molecule has 0 spiro atoms. The molecule has 0 unspecified atom stereocenters. The van der Waals surface area contributed by atoms with Crippen molar-refractivity contribution in [3.8, 4) is 0 Å². The van der Waals surface area contributed by atoms with Gasteiger partial charge in [0.25, 0.3) is 0 Å². The Morgan fingerprint density at radius 1 is 0.245 bits per heavy atom. The van der Waals surface area contributed by atoms with Gasteiger partial charge >= 0.3 is 0 Å². The first-order chi connectivity index (χ1) is 25.1. The van der Waals surface area contributed by atoms with Crippen molar-refractivity contribution in [1.29, 1.82) is 0 Å². The molecule has 0 aromatic carbocycles. The van der Waals surface area contributed by atoms with E-state index in [-0.39, 0.29) is 0 Å². The second-order valence-corrected chi connectivity index (χ2v) is 16.2. The third-order valence-electron chi connectivity index (χ3n) is 11.7.